The lowest BCUT2D eigenvalue weighted by molar-refractivity contribution is -0.152. The highest BCUT2D eigenvalue weighted by Crippen LogP contribution is 2.42. The molecular formula is C35H48FN5O4. The molecule has 2 saturated heterocycles. The fourth-order valence-corrected chi connectivity index (χ4v) is 7.39. The molecule has 0 spiro atoms. The van der Waals surface area contributed by atoms with E-state index in [1.165, 1.54) is 18.5 Å². The van der Waals surface area contributed by atoms with Crippen molar-refractivity contribution < 1.29 is 23.5 Å². The molecule has 45 heavy (non-hydrogen) atoms. The summed E-state index contributed by atoms with van der Waals surface area (Å²) in [6, 6.07) is 6.15. The summed E-state index contributed by atoms with van der Waals surface area (Å²) in [5.74, 6) is 0.0918. The van der Waals surface area contributed by atoms with Crippen LogP contribution in [0.15, 0.2) is 30.6 Å². The number of ether oxygens (including phenoxy) is 1. The topological polar surface area (TPSA) is 105 Å². The Balaban J connectivity index is 1.19. The van der Waals surface area contributed by atoms with E-state index in [1.54, 1.807) is 6.07 Å². The van der Waals surface area contributed by atoms with Gasteiger partial charge >= 0.3 is 5.97 Å². The Kier molecular flexibility index (Phi) is 9.91. The van der Waals surface area contributed by atoms with Gasteiger partial charge in [0, 0.05) is 38.1 Å². The second kappa shape index (κ2) is 13.5. The van der Waals surface area contributed by atoms with E-state index in [4.69, 9.17) is 4.74 Å². The number of halogens is 1. The molecular weight excluding hydrogens is 573 g/mol. The Bertz CT molecular complexity index is 1380. The fraction of sp³-hybridized carbons (Fsp3) is 0.629. The summed E-state index contributed by atoms with van der Waals surface area (Å²) in [6.07, 6.45) is 4.21. The molecule has 0 radical (unpaired) electrons. The molecule has 3 heterocycles. The first-order valence-corrected chi connectivity index (χ1v) is 16.4. The van der Waals surface area contributed by atoms with E-state index in [0.29, 0.717) is 54.7 Å². The van der Waals surface area contributed by atoms with Crippen molar-refractivity contribution in [3.8, 4) is 0 Å². The normalized spacial score (nSPS) is 24.1. The van der Waals surface area contributed by atoms with Crippen LogP contribution in [0.1, 0.15) is 86.7 Å². The minimum atomic E-state index is -0.675. The van der Waals surface area contributed by atoms with Crippen LogP contribution in [-0.4, -0.2) is 76.4 Å². The van der Waals surface area contributed by atoms with E-state index in [9.17, 15) is 18.8 Å². The van der Waals surface area contributed by atoms with Gasteiger partial charge in [-0.2, -0.15) is 0 Å². The Labute approximate surface area is 266 Å². The van der Waals surface area contributed by atoms with Gasteiger partial charge in [0.15, 0.2) is 0 Å². The van der Waals surface area contributed by atoms with Gasteiger partial charge in [-0.25, -0.2) is 14.4 Å². The summed E-state index contributed by atoms with van der Waals surface area (Å²) in [6.45, 7) is 15.2. The summed E-state index contributed by atoms with van der Waals surface area (Å²) in [7, 11) is 0. The lowest BCUT2D eigenvalue weighted by Gasteiger charge is -2.33. The van der Waals surface area contributed by atoms with E-state index in [1.807, 2.05) is 52.5 Å². The molecule has 9 nitrogen and oxygen atoms in total. The maximum absolute atomic E-state index is 14.3. The molecule has 244 valence electrons. The van der Waals surface area contributed by atoms with E-state index in [2.05, 4.69) is 20.2 Å². The summed E-state index contributed by atoms with van der Waals surface area (Å²) >= 11 is 0. The highest BCUT2D eigenvalue weighted by molar-refractivity contribution is 5.96. The number of carbonyl (C=O) groups excluding carboxylic acids is 3. The number of nitrogens with zero attached hydrogens (tertiary/aromatic N) is 4. The number of aromatic nitrogens is 2. The second-order valence-corrected chi connectivity index (χ2v) is 14.2. The number of carbonyl (C=O) groups is 3. The molecule has 3 aliphatic rings. The summed E-state index contributed by atoms with van der Waals surface area (Å²) in [5, 5.41) is 3.27. The first kappa shape index (κ1) is 33.0. The van der Waals surface area contributed by atoms with Crippen LogP contribution in [0.4, 0.5) is 4.39 Å². The Morgan fingerprint density at radius 3 is 2.33 bits per heavy atom. The molecule has 1 aromatic carbocycles. The van der Waals surface area contributed by atoms with Crippen LogP contribution in [0, 0.1) is 48.8 Å². The average Bonchev–Trinajstić information content (AvgIpc) is 3.71. The van der Waals surface area contributed by atoms with Crippen molar-refractivity contribution in [3.63, 3.8) is 0 Å². The van der Waals surface area contributed by atoms with Crippen molar-refractivity contribution in [2.75, 3.05) is 32.7 Å². The third-order valence-electron chi connectivity index (χ3n) is 10.3. The molecule has 0 bridgehead atoms. The number of nitrogens with one attached hydrogen (secondary N) is 1. The SMILES string of the molecule is Cc1ncnc(C)c1C(=O)N1C[C@H]2CN(CCC(NC(=O)C(C)(C)C3CC[C@H](OC(=O)C(C)C)C3)c3cccc(F)c3)C[C@H]2C1. The van der Waals surface area contributed by atoms with Crippen LogP contribution in [0.2, 0.25) is 0 Å². The van der Waals surface area contributed by atoms with Gasteiger partial charge < -0.3 is 19.9 Å². The molecule has 3 fully saturated rings. The van der Waals surface area contributed by atoms with Crippen LogP contribution < -0.4 is 5.32 Å². The minimum absolute atomic E-state index is 0.00899. The van der Waals surface area contributed by atoms with Gasteiger partial charge in [-0.15, -0.1) is 0 Å². The lowest BCUT2D eigenvalue weighted by atomic mass is 9.76. The predicted octanol–water partition coefficient (Wildman–Crippen LogP) is 4.88. The second-order valence-electron chi connectivity index (χ2n) is 14.2. The quantitative estimate of drug-likeness (QED) is 0.377. The Morgan fingerprint density at radius 2 is 1.71 bits per heavy atom. The number of likely N-dealkylation sites (tertiary alicyclic amines) is 2. The number of fused-ring (bicyclic) bond motifs is 1. The number of benzene rings is 1. The zero-order valence-corrected chi connectivity index (χ0v) is 27.5. The standard InChI is InChI=1S/C35H48FN5O4/c1-21(2)33(43)45-29-11-10-27(15-29)35(5,6)34(44)39-30(24-8-7-9-28(36)14-24)12-13-40-16-25-18-41(19-26(25)17-40)32(42)31-22(3)37-20-38-23(31)4/h7-9,14,20-21,25-27,29-30H,10-13,15-19H2,1-6H3,(H,39,44)/t25-,26+,27?,29-,30?/m0/s1. The van der Waals surface area contributed by atoms with Crippen molar-refractivity contribution in [1.29, 1.82) is 0 Å². The van der Waals surface area contributed by atoms with Gasteiger partial charge in [0.25, 0.3) is 5.91 Å². The van der Waals surface area contributed by atoms with Gasteiger partial charge in [-0.1, -0.05) is 39.8 Å². The summed E-state index contributed by atoms with van der Waals surface area (Å²) < 4.78 is 20.0. The molecule has 2 amide bonds. The third kappa shape index (κ3) is 7.37. The predicted molar refractivity (Wildman–Crippen MR) is 169 cm³/mol. The van der Waals surface area contributed by atoms with Crippen LogP contribution in [0.3, 0.4) is 0 Å². The van der Waals surface area contributed by atoms with E-state index >= 15 is 0 Å². The molecule has 5 atom stereocenters. The molecule has 2 unspecified atom stereocenters. The molecule has 1 N–H and O–H groups in total. The third-order valence-corrected chi connectivity index (χ3v) is 10.3. The molecule has 10 heteroatoms. The Hall–Kier alpha value is -3.40. The van der Waals surface area contributed by atoms with E-state index in [-0.39, 0.29) is 47.6 Å². The highest BCUT2D eigenvalue weighted by Gasteiger charge is 2.44. The molecule has 2 aliphatic heterocycles. The highest BCUT2D eigenvalue weighted by atomic mass is 19.1. The van der Waals surface area contributed by atoms with Crippen molar-refractivity contribution in [3.05, 3.63) is 58.9 Å². The summed E-state index contributed by atoms with van der Waals surface area (Å²) in [4.78, 5) is 52.1. The number of aryl methyl sites for hydroxylation is 2. The summed E-state index contributed by atoms with van der Waals surface area (Å²) in [5.41, 5.74) is 2.10. The fourth-order valence-electron chi connectivity index (χ4n) is 7.39. The zero-order chi connectivity index (χ0) is 32.5. The van der Waals surface area contributed by atoms with Gasteiger partial charge in [0.05, 0.1) is 28.9 Å². The molecule has 1 saturated carbocycles. The molecule has 2 aromatic rings. The maximum Gasteiger partial charge on any atom is 0.308 e. The van der Waals surface area contributed by atoms with Gasteiger partial charge in [-0.05, 0) is 75.0 Å². The average molecular weight is 622 g/mol. The first-order valence-electron chi connectivity index (χ1n) is 16.4. The monoisotopic (exact) mass is 621 g/mol. The minimum Gasteiger partial charge on any atom is -0.462 e. The van der Waals surface area contributed by atoms with Crippen molar-refractivity contribution in [2.45, 2.75) is 79.4 Å². The number of rotatable bonds is 10. The number of hydrogen-bond donors (Lipinski definition) is 1. The number of amides is 2. The Morgan fingerprint density at radius 1 is 1.04 bits per heavy atom. The van der Waals surface area contributed by atoms with Crippen LogP contribution >= 0.6 is 0 Å². The largest absolute Gasteiger partial charge is 0.462 e. The van der Waals surface area contributed by atoms with Crippen LogP contribution in [0.5, 0.6) is 0 Å². The van der Waals surface area contributed by atoms with Crippen LogP contribution in [0.25, 0.3) is 0 Å². The maximum atomic E-state index is 14.3. The zero-order valence-electron chi connectivity index (χ0n) is 27.5. The molecule has 5 rings (SSSR count). The first-order chi connectivity index (χ1) is 21.3. The smallest absolute Gasteiger partial charge is 0.308 e. The molecule has 1 aliphatic carbocycles. The van der Waals surface area contributed by atoms with E-state index < -0.39 is 5.41 Å². The van der Waals surface area contributed by atoms with Crippen LogP contribution in [-0.2, 0) is 14.3 Å². The van der Waals surface area contributed by atoms with Crippen molar-refractivity contribution in [2.24, 2.45) is 29.1 Å². The molecule has 1 aromatic heterocycles. The van der Waals surface area contributed by atoms with Gasteiger partial charge in [-0.3, -0.25) is 14.4 Å². The van der Waals surface area contributed by atoms with Crippen molar-refractivity contribution >= 4 is 17.8 Å². The number of esters is 1. The van der Waals surface area contributed by atoms with Gasteiger partial charge in [0.2, 0.25) is 5.91 Å². The van der Waals surface area contributed by atoms with Gasteiger partial charge in [0.1, 0.15) is 18.2 Å². The van der Waals surface area contributed by atoms with E-state index in [0.717, 1.165) is 38.0 Å². The number of hydrogen-bond acceptors (Lipinski definition) is 7. The van der Waals surface area contributed by atoms with Crippen molar-refractivity contribution in [1.82, 2.24) is 25.1 Å². The lowest BCUT2D eigenvalue weighted by Crippen LogP contribution is -2.44.